The second-order valence-electron chi connectivity index (χ2n) is 3.24. The van der Waals surface area contributed by atoms with Gasteiger partial charge < -0.3 is 10.0 Å². The lowest BCUT2D eigenvalue weighted by Gasteiger charge is -2.05. The number of fused-ring (bicyclic) bond motifs is 1. The number of hydrogen-bond acceptors (Lipinski definition) is 3. The zero-order chi connectivity index (χ0) is 10.1. The molecule has 0 saturated carbocycles. The SMILES string of the molecule is Cc1cccc2c(B(O)O)ccnc12. The Morgan fingerprint density at radius 1 is 1.21 bits per heavy atom. The molecule has 0 amide bonds. The highest BCUT2D eigenvalue weighted by Gasteiger charge is 2.14. The molecule has 2 aromatic rings. The van der Waals surface area contributed by atoms with E-state index in [2.05, 4.69) is 4.98 Å². The van der Waals surface area contributed by atoms with Gasteiger partial charge in [0.05, 0.1) is 5.52 Å². The molecule has 0 radical (unpaired) electrons. The maximum absolute atomic E-state index is 9.14. The van der Waals surface area contributed by atoms with Crippen molar-refractivity contribution in [1.82, 2.24) is 4.98 Å². The first-order chi connectivity index (χ1) is 6.70. The van der Waals surface area contributed by atoms with Crippen LogP contribution in [0.15, 0.2) is 30.5 Å². The zero-order valence-electron chi connectivity index (χ0n) is 7.81. The van der Waals surface area contributed by atoms with Crippen molar-refractivity contribution in [2.75, 3.05) is 0 Å². The number of pyridine rings is 1. The van der Waals surface area contributed by atoms with Gasteiger partial charge in [0.15, 0.2) is 0 Å². The van der Waals surface area contributed by atoms with E-state index in [9.17, 15) is 0 Å². The van der Waals surface area contributed by atoms with E-state index in [1.807, 2.05) is 25.1 Å². The van der Waals surface area contributed by atoms with Gasteiger partial charge in [-0.3, -0.25) is 4.98 Å². The number of nitrogens with zero attached hydrogens (tertiary/aromatic N) is 1. The second kappa shape index (κ2) is 3.40. The molecule has 0 bridgehead atoms. The third-order valence-corrected chi connectivity index (χ3v) is 2.28. The summed E-state index contributed by atoms with van der Waals surface area (Å²) in [5.41, 5.74) is 2.35. The number of aryl methyl sites for hydroxylation is 1. The van der Waals surface area contributed by atoms with Gasteiger partial charge in [-0.2, -0.15) is 0 Å². The minimum atomic E-state index is -1.44. The summed E-state index contributed by atoms with van der Waals surface area (Å²) < 4.78 is 0. The number of aromatic nitrogens is 1. The molecule has 14 heavy (non-hydrogen) atoms. The highest BCUT2D eigenvalue weighted by atomic mass is 16.4. The van der Waals surface area contributed by atoms with Crippen LogP contribution < -0.4 is 5.46 Å². The maximum atomic E-state index is 9.14. The lowest BCUT2D eigenvalue weighted by atomic mass is 9.78. The molecule has 1 aromatic carbocycles. The summed E-state index contributed by atoms with van der Waals surface area (Å²) in [6.07, 6.45) is 1.59. The molecule has 0 spiro atoms. The van der Waals surface area contributed by atoms with Crippen molar-refractivity contribution in [3.8, 4) is 0 Å². The Morgan fingerprint density at radius 3 is 2.71 bits per heavy atom. The largest absolute Gasteiger partial charge is 0.489 e. The molecule has 1 heterocycles. The molecule has 0 aliphatic carbocycles. The van der Waals surface area contributed by atoms with Crippen molar-refractivity contribution >= 4 is 23.5 Å². The van der Waals surface area contributed by atoms with Crippen molar-refractivity contribution in [3.05, 3.63) is 36.0 Å². The summed E-state index contributed by atoms with van der Waals surface area (Å²) in [4.78, 5) is 4.20. The minimum absolute atomic E-state index is 0.499. The Morgan fingerprint density at radius 2 is 2.00 bits per heavy atom. The predicted octanol–water partition coefficient (Wildman–Crippen LogP) is 0.223. The zero-order valence-corrected chi connectivity index (χ0v) is 7.81. The molecular weight excluding hydrogens is 177 g/mol. The molecule has 0 atom stereocenters. The fourth-order valence-electron chi connectivity index (χ4n) is 1.57. The summed E-state index contributed by atoms with van der Waals surface area (Å²) in [5.74, 6) is 0. The third-order valence-electron chi connectivity index (χ3n) is 2.28. The van der Waals surface area contributed by atoms with Crippen LogP contribution in [0.25, 0.3) is 10.9 Å². The fraction of sp³-hybridized carbons (Fsp3) is 0.100. The summed E-state index contributed by atoms with van der Waals surface area (Å²) in [5, 5.41) is 19.1. The van der Waals surface area contributed by atoms with Gasteiger partial charge in [0.2, 0.25) is 0 Å². The quantitative estimate of drug-likeness (QED) is 0.628. The van der Waals surface area contributed by atoms with Gasteiger partial charge in [0.1, 0.15) is 0 Å². The van der Waals surface area contributed by atoms with Crippen molar-refractivity contribution in [3.63, 3.8) is 0 Å². The number of benzene rings is 1. The van der Waals surface area contributed by atoms with Crippen molar-refractivity contribution in [2.45, 2.75) is 6.92 Å². The molecule has 1 aromatic heterocycles. The topological polar surface area (TPSA) is 53.4 Å². The van der Waals surface area contributed by atoms with Gasteiger partial charge in [-0.25, -0.2) is 0 Å². The molecule has 3 nitrogen and oxygen atoms in total. The normalized spacial score (nSPS) is 10.5. The Labute approximate surface area is 82.2 Å². The molecule has 0 aliphatic rings. The Balaban J connectivity index is 2.81. The van der Waals surface area contributed by atoms with E-state index in [1.165, 1.54) is 0 Å². The molecule has 2 rings (SSSR count). The van der Waals surface area contributed by atoms with Crippen LogP contribution in [0.3, 0.4) is 0 Å². The van der Waals surface area contributed by atoms with Crippen LogP contribution in [0.5, 0.6) is 0 Å². The molecule has 0 saturated heterocycles. The summed E-state index contributed by atoms with van der Waals surface area (Å²) in [6, 6.07) is 7.28. The summed E-state index contributed by atoms with van der Waals surface area (Å²) >= 11 is 0. The monoisotopic (exact) mass is 187 g/mol. The van der Waals surface area contributed by atoms with Crippen molar-refractivity contribution < 1.29 is 10.0 Å². The third kappa shape index (κ3) is 1.39. The Hall–Kier alpha value is -1.39. The van der Waals surface area contributed by atoms with Crippen LogP contribution in [-0.2, 0) is 0 Å². The van der Waals surface area contributed by atoms with E-state index in [0.717, 1.165) is 16.5 Å². The second-order valence-corrected chi connectivity index (χ2v) is 3.24. The molecule has 0 unspecified atom stereocenters. The molecule has 0 fully saturated rings. The number of rotatable bonds is 1. The number of hydrogen-bond donors (Lipinski definition) is 2. The first-order valence-electron chi connectivity index (χ1n) is 4.40. The molecule has 4 heteroatoms. The van der Waals surface area contributed by atoms with Crippen LogP contribution in [0, 0.1) is 6.92 Å². The highest BCUT2D eigenvalue weighted by Crippen LogP contribution is 2.13. The van der Waals surface area contributed by atoms with E-state index < -0.39 is 7.12 Å². The van der Waals surface area contributed by atoms with Gasteiger partial charge in [-0.05, 0) is 24.0 Å². The molecule has 0 aliphatic heterocycles. The average molecular weight is 187 g/mol. The van der Waals surface area contributed by atoms with Crippen LogP contribution in [-0.4, -0.2) is 22.2 Å². The predicted molar refractivity (Wildman–Crippen MR) is 56.3 cm³/mol. The minimum Gasteiger partial charge on any atom is -0.423 e. The van der Waals surface area contributed by atoms with Gasteiger partial charge >= 0.3 is 7.12 Å². The van der Waals surface area contributed by atoms with Crippen LogP contribution >= 0.6 is 0 Å². The average Bonchev–Trinajstić information content (AvgIpc) is 2.17. The summed E-state index contributed by atoms with van der Waals surface area (Å²) in [6.45, 7) is 1.95. The van der Waals surface area contributed by atoms with E-state index in [0.29, 0.717) is 5.46 Å². The van der Waals surface area contributed by atoms with Crippen molar-refractivity contribution in [1.29, 1.82) is 0 Å². The summed E-state index contributed by atoms with van der Waals surface area (Å²) in [7, 11) is -1.44. The number of para-hydroxylation sites is 1. The first kappa shape index (κ1) is 9.18. The van der Waals surface area contributed by atoms with E-state index in [1.54, 1.807) is 12.3 Å². The van der Waals surface area contributed by atoms with Gasteiger partial charge in [0, 0.05) is 11.6 Å². The standard InChI is InChI=1S/C10H10BNO2/c1-7-3-2-4-8-9(11(13)14)5-6-12-10(7)8/h2-6,13-14H,1H3. The van der Waals surface area contributed by atoms with Gasteiger partial charge in [-0.15, -0.1) is 0 Å². The van der Waals surface area contributed by atoms with E-state index in [4.69, 9.17) is 10.0 Å². The fourth-order valence-corrected chi connectivity index (χ4v) is 1.57. The van der Waals surface area contributed by atoms with Gasteiger partial charge in [0.25, 0.3) is 0 Å². The van der Waals surface area contributed by atoms with Crippen molar-refractivity contribution in [2.24, 2.45) is 0 Å². The molecule has 2 N–H and O–H groups in total. The highest BCUT2D eigenvalue weighted by molar-refractivity contribution is 6.61. The van der Waals surface area contributed by atoms with E-state index >= 15 is 0 Å². The van der Waals surface area contributed by atoms with Gasteiger partial charge in [-0.1, -0.05) is 18.2 Å². The first-order valence-corrected chi connectivity index (χ1v) is 4.40. The maximum Gasteiger partial charge on any atom is 0.489 e. The Bertz CT molecular complexity index is 471. The molecular formula is C10H10BNO2. The molecule has 70 valence electrons. The van der Waals surface area contributed by atoms with Crippen LogP contribution in [0.4, 0.5) is 0 Å². The smallest absolute Gasteiger partial charge is 0.423 e. The lowest BCUT2D eigenvalue weighted by molar-refractivity contribution is 0.426. The van der Waals surface area contributed by atoms with Crippen LogP contribution in [0.2, 0.25) is 0 Å². The lowest BCUT2D eigenvalue weighted by Crippen LogP contribution is -2.30. The van der Waals surface area contributed by atoms with E-state index in [-0.39, 0.29) is 0 Å². The Kier molecular flexibility index (Phi) is 2.23. The van der Waals surface area contributed by atoms with Crippen LogP contribution in [0.1, 0.15) is 5.56 Å².